The van der Waals surface area contributed by atoms with Gasteiger partial charge in [-0.05, 0) is 24.7 Å². The van der Waals surface area contributed by atoms with Gasteiger partial charge in [-0.2, -0.15) is 13.2 Å². The highest BCUT2D eigenvalue weighted by molar-refractivity contribution is 5.28. The van der Waals surface area contributed by atoms with E-state index in [1.807, 2.05) is 0 Å². The summed E-state index contributed by atoms with van der Waals surface area (Å²) in [5.74, 6) is -0.967. The molecule has 0 unspecified atom stereocenters. The first-order valence-corrected chi connectivity index (χ1v) is 4.50. The summed E-state index contributed by atoms with van der Waals surface area (Å²) in [6.07, 6.45) is -4.29. The molecule has 0 aromatic heterocycles. The van der Waals surface area contributed by atoms with Crippen molar-refractivity contribution in [2.75, 3.05) is 13.6 Å². The minimum absolute atomic E-state index is 0.0785. The number of halogens is 4. The van der Waals surface area contributed by atoms with E-state index >= 15 is 0 Å². The molecule has 0 aliphatic heterocycles. The Morgan fingerprint density at radius 2 is 1.88 bits per heavy atom. The summed E-state index contributed by atoms with van der Waals surface area (Å²) < 4.78 is 48.8. The van der Waals surface area contributed by atoms with Crippen molar-refractivity contribution < 1.29 is 22.7 Å². The molecule has 1 aromatic rings. The zero-order chi connectivity index (χ0) is 12.3. The zero-order valence-electron chi connectivity index (χ0n) is 8.55. The Balaban J connectivity index is 2.66. The van der Waals surface area contributed by atoms with Crippen LogP contribution in [0.1, 0.15) is 5.56 Å². The van der Waals surface area contributed by atoms with Gasteiger partial charge in [-0.15, -0.1) is 0 Å². The van der Waals surface area contributed by atoms with E-state index in [1.54, 1.807) is 0 Å². The van der Waals surface area contributed by atoms with Gasteiger partial charge in [0, 0.05) is 12.6 Å². The molecule has 0 radical (unpaired) electrons. The van der Waals surface area contributed by atoms with Crippen molar-refractivity contribution in [1.82, 2.24) is 4.90 Å². The van der Waals surface area contributed by atoms with E-state index in [-0.39, 0.29) is 12.3 Å². The maximum atomic E-state index is 12.8. The zero-order valence-corrected chi connectivity index (χ0v) is 8.55. The molecular formula is C10H11F4NO. The Bertz CT molecular complexity index is 344. The number of rotatable bonds is 3. The SMILES string of the molecule is CN(Cc1cc(O)cc(F)c1)CC(F)(F)F. The van der Waals surface area contributed by atoms with E-state index in [0.717, 1.165) is 17.0 Å². The normalized spacial score (nSPS) is 12.1. The van der Waals surface area contributed by atoms with Gasteiger partial charge in [0.15, 0.2) is 0 Å². The van der Waals surface area contributed by atoms with Crippen LogP contribution in [0.2, 0.25) is 0 Å². The number of phenols is 1. The van der Waals surface area contributed by atoms with Crippen LogP contribution in [-0.4, -0.2) is 29.8 Å². The fourth-order valence-corrected chi connectivity index (χ4v) is 1.40. The number of phenolic OH excluding ortho intramolecular Hbond substituents is 1. The van der Waals surface area contributed by atoms with Crippen LogP contribution in [0, 0.1) is 5.82 Å². The van der Waals surface area contributed by atoms with Crippen LogP contribution < -0.4 is 0 Å². The Hall–Kier alpha value is -1.30. The molecule has 0 aliphatic carbocycles. The van der Waals surface area contributed by atoms with Crippen molar-refractivity contribution in [2.45, 2.75) is 12.7 Å². The number of benzene rings is 1. The summed E-state index contributed by atoms with van der Waals surface area (Å²) in [7, 11) is 1.27. The molecule has 0 saturated carbocycles. The number of nitrogens with zero attached hydrogens (tertiary/aromatic N) is 1. The Labute approximate surface area is 90.1 Å². The van der Waals surface area contributed by atoms with Crippen LogP contribution in [0.15, 0.2) is 18.2 Å². The largest absolute Gasteiger partial charge is 0.508 e. The number of hydrogen-bond acceptors (Lipinski definition) is 2. The molecule has 16 heavy (non-hydrogen) atoms. The second-order valence-electron chi connectivity index (χ2n) is 3.61. The van der Waals surface area contributed by atoms with E-state index in [0.29, 0.717) is 5.56 Å². The maximum absolute atomic E-state index is 12.8. The van der Waals surface area contributed by atoms with Gasteiger partial charge in [0.05, 0.1) is 6.54 Å². The van der Waals surface area contributed by atoms with Gasteiger partial charge in [-0.1, -0.05) is 0 Å². The van der Waals surface area contributed by atoms with Crippen LogP contribution in [0.25, 0.3) is 0 Å². The fourth-order valence-electron chi connectivity index (χ4n) is 1.40. The van der Waals surface area contributed by atoms with Gasteiger partial charge in [-0.25, -0.2) is 4.39 Å². The summed E-state index contributed by atoms with van der Waals surface area (Å²) in [6.45, 7) is -1.16. The first-order chi connectivity index (χ1) is 7.26. The van der Waals surface area contributed by atoms with Gasteiger partial charge in [-0.3, -0.25) is 4.90 Å². The molecule has 0 amide bonds. The van der Waals surface area contributed by atoms with Crippen LogP contribution in [0.3, 0.4) is 0 Å². The lowest BCUT2D eigenvalue weighted by Crippen LogP contribution is -2.30. The highest BCUT2D eigenvalue weighted by Crippen LogP contribution is 2.19. The van der Waals surface area contributed by atoms with Crippen molar-refractivity contribution >= 4 is 0 Å². The van der Waals surface area contributed by atoms with E-state index in [9.17, 15) is 17.6 Å². The third kappa shape index (κ3) is 4.48. The van der Waals surface area contributed by atoms with Gasteiger partial charge in [0.25, 0.3) is 0 Å². The molecule has 2 nitrogen and oxygen atoms in total. The minimum atomic E-state index is -4.29. The van der Waals surface area contributed by atoms with E-state index in [2.05, 4.69) is 0 Å². The first kappa shape index (κ1) is 12.8. The molecule has 0 bridgehead atoms. The number of aromatic hydroxyl groups is 1. The molecule has 0 saturated heterocycles. The highest BCUT2D eigenvalue weighted by Gasteiger charge is 2.29. The third-order valence-electron chi connectivity index (χ3n) is 1.84. The molecule has 0 aliphatic rings. The van der Waals surface area contributed by atoms with Crippen LogP contribution >= 0.6 is 0 Å². The highest BCUT2D eigenvalue weighted by atomic mass is 19.4. The standard InChI is InChI=1S/C10H11F4NO/c1-15(6-10(12,13)14)5-7-2-8(11)4-9(16)3-7/h2-4,16H,5-6H2,1H3. The fraction of sp³-hybridized carbons (Fsp3) is 0.400. The van der Waals surface area contributed by atoms with E-state index in [1.165, 1.54) is 13.1 Å². The molecule has 0 heterocycles. The van der Waals surface area contributed by atoms with E-state index < -0.39 is 18.5 Å². The second-order valence-corrected chi connectivity index (χ2v) is 3.61. The number of hydrogen-bond donors (Lipinski definition) is 1. The van der Waals surface area contributed by atoms with Crippen molar-refractivity contribution in [1.29, 1.82) is 0 Å². The van der Waals surface area contributed by atoms with Crippen molar-refractivity contribution in [3.05, 3.63) is 29.6 Å². The maximum Gasteiger partial charge on any atom is 0.401 e. The molecule has 1 rings (SSSR count). The minimum Gasteiger partial charge on any atom is -0.508 e. The third-order valence-corrected chi connectivity index (χ3v) is 1.84. The predicted octanol–water partition coefficient (Wildman–Crippen LogP) is 2.53. The molecule has 6 heteroatoms. The molecule has 0 atom stereocenters. The smallest absolute Gasteiger partial charge is 0.401 e. The Morgan fingerprint density at radius 3 is 2.38 bits per heavy atom. The lowest BCUT2D eigenvalue weighted by molar-refractivity contribution is -0.144. The first-order valence-electron chi connectivity index (χ1n) is 4.50. The van der Waals surface area contributed by atoms with Gasteiger partial charge < -0.3 is 5.11 Å². The lowest BCUT2D eigenvalue weighted by Gasteiger charge is -2.18. The molecule has 1 aromatic carbocycles. The topological polar surface area (TPSA) is 23.5 Å². The van der Waals surface area contributed by atoms with Crippen molar-refractivity contribution in [3.63, 3.8) is 0 Å². The van der Waals surface area contributed by atoms with Crippen LogP contribution in [0.4, 0.5) is 17.6 Å². The molecule has 0 fully saturated rings. The predicted molar refractivity (Wildman–Crippen MR) is 50.5 cm³/mol. The van der Waals surface area contributed by atoms with Gasteiger partial charge in [0.1, 0.15) is 11.6 Å². The van der Waals surface area contributed by atoms with Crippen LogP contribution in [0.5, 0.6) is 5.75 Å². The molecular weight excluding hydrogens is 226 g/mol. The lowest BCUT2D eigenvalue weighted by atomic mass is 10.2. The summed E-state index contributed by atoms with van der Waals surface area (Å²) in [4.78, 5) is 0.994. The monoisotopic (exact) mass is 237 g/mol. The van der Waals surface area contributed by atoms with Crippen molar-refractivity contribution in [3.8, 4) is 5.75 Å². The Kier molecular flexibility index (Phi) is 3.74. The van der Waals surface area contributed by atoms with Crippen molar-refractivity contribution in [2.24, 2.45) is 0 Å². The summed E-state index contributed by atoms with van der Waals surface area (Å²) in [5, 5.41) is 9.06. The van der Waals surface area contributed by atoms with Crippen LogP contribution in [-0.2, 0) is 6.54 Å². The summed E-state index contributed by atoms with van der Waals surface area (Å²) in [5.41, 5.74) is 0.296. The second kappa shape index (κ2) is 4.69. The summed E-state index contributed by atoms with van der Waals surface area (Å²) >= 11 is 0. The number of alkyl halides is 3. The summed E-state index contributed by atoms with van der Waals surface area (Å²) in [6, 6.07) is 3.22. The van der Waals surface area contributed by atoms with E-state index in [4.69, 9.17) is 5.11 Å². The van der Waals surface area contributed by atoms with Gasteiger partial charge in [0.2, 0.25) is 0 Å². The average Bonchev–Trinajstić information content (AvgIpc) is 1.96. The molecule has 1 N–H and O–H groups in total. The quantitative estimate of drug-likeness (QED) is 0.816. The molecule has 0 spiro atoms. The molecule has 90 valence electrons. The Morgan fingerprint density at radius 1 is 1.25 bits per heavy atom. The van der Waals surface area contributed by atoms with Gasteiger partial charge >= 0.3 is 6.18 Å². The average molecular weight is 237 g/mol.